The van der Waals surface area contributed by atoms with Gasteiger partial charge in [0.1, 0.15) is 5.82 Å². The van der Waals surface area contributed by atoms with Crippen LogP contribution in [-0.4, -0.2) is 21.5 Å². The van der Waals surface area contributed by atoms with Crippen molar-refractivity contribution in [3.63, 3.8) is 0 Å². The number of hydrogen-bond acceptors (Lipinski definition) is 4. The fourth-order valence-corrected chi connectivity index (χ4v) is 2.58. The SMILES string of the molecule is CC(=N)c1ccc(=O)n(C2CCC(O)CC2)c1N. The van der Waals surface area contributed by atoms with E-state index in [1.807, 2.05) is 0 Å². The number of aromatic nitrogens is 1. The number of aliphatic hydroxyl groups excluding tert-OH is 1. The lowest BCUT2D eigenvalue weighted by Gasteiger charge is -2.28. The molecule has 0 atom stereocenters. The molecule has 98 valence electrons. The normalized spacial score (nSPS) is 23.9. The van der Waals surface area contributed by atoms with Crippen LogP contribution in [0.3, 0.4) is 0 Å². The predicted molar refractivity (Wildman–Crippen MR) is 71.1 cm³/mol. The molecule has 1 aliphatic carbocycles. The molecule has 5 nitrogen and oxygen atoms in total. The van der Waals surface area contributed by atoms with Crippen LogP contribution in [-0.2, 0) is 0 Å². The summed E-state index contributed by atoms with van der Waals surface area (Å²) in [5, 5.41) is 17.2. The van der Waals surface area contributed by atoms with Crippen LogP contribution >= 0.6 is 0 Å². The van der Waals surface area contributed by atoms with Gasteiger partial charge in [0.2, 0.25) is 0 Å². The molecule has 1 fully saturated rings. The van der Waals surface area contributed by atoms with Gasteiger partial charge in [0, 0.05) is 23.4 Å². The number of hydrogen-bond donors (Lipinski definition) is 3. The van der Waals surface area contributed by atoms with Crippen molar-refractivity contribution in [3.8, 4) is 0 Å². The van der Waals surface area contributed by atoms with Gasteiger partial charge >= 0.3 is 0 Å². The maximum atomic E-state index is 11.9. The highest BCUT2D eigenvalue weighted by Gasteiger charge is 2.23. The van der Waals surface area contributed by atoms with Crippen molar-refractivity contribution in [1.82, 2.24) is 4.57 Å². The zero-order valence-electron chi connectivity index (χ0n) is 10.5. The van der Waals surface area contributed by atoms with Gasteiger partial charge in [0.15, 0.2) is 0 Å². The lowest BCUT2D eigenvalue weighted by atomic mass is 9.92. The largest absolute Gasteiger partial charge is 0.393 e. The molecule has 5 heteroatoms. The first-order valence-electron chi connectivity index (χ1n) is 6.25. The smallest absolute Gasteiger partial charge is 0.252 e. The van der Waals surface area contributed by atoms with Gasteiger partial charge in [-0.3, -0.25) is 9.36 Å². The minimum Gasteiger partial charge on any atom is -0.393 e. The number of nitrogens with two attached hydrogens (primary N) is 1. The van der Waals surface area contributed by atoms with Gasteiger partial charge in [0.05, 0.1) is 6.10 Å². The molecule has 0 radical (unpaired) electrons. The number of rotatable bonds is 2. The lowest BCUT2D eigenvalue weighted by molar-refractivity contribution is 0.110. The Morgan fingerprint density at radius 2 is 2.00 bits per heavy atom. The van der Waals surface area contributed by atoms with Crippen molar-refractivity contribution >= 4 is 11.5 Å². The molecule has 1 aromatic heterocycles. The maximum Gasteiger partial charge on any atom is 0.252 e. The molecule has 1 heterocycles. The Bertz CT molecular complexity index is 513. The standard InChI is InChI=1S/C13H19N3O2/c1-8(14)11-6-7-12(18)16(13(11)15)9-2-4-10(17)5-3-9/h6-7,9-10,14,17H,2-5,15H2,1H3. The molecule has 0 unspecified atom stereocenters. The molecule has 4 N–H and O–H groups in total. The fourth-order valence-electron chi connectivity index (χ4n) is 2.58. The Balaban J connectivity index is 2.40. The van der Waals surface area contributed by atoms with Crippen LogP contribution in [0.4, 0.5) is 5.82 Å². The van der Waals surface area contributed by atoms with Crippen molar-refractivity contribution in [3.05, 3.63) is 28.0 Å². The highest BCUT2D eigenvalue weighted by atomic mass is 16.3. The van der Waals surface area contributed by atoms with Crippen LogP contribution in [0, 0.1) is 5.41 Å². The summed E-state index contributed by atoms with van der Waals surface area (Å²) in [6, 6.07) is 3.11. The second-order valence-corrected chi connectivity index (χ2v) is 4.93. The van der Waals surface area contributed by atoms with E-state index in [9.17, 15) is 9.90 Å². The fraction of sp³-hybridized carbons (Fsp3) is 0.538. The van der Waals surface area contributed by atoms with Gasteiger partial charge in [-0.1, -0.05) is 0 Å². The molecule has 0 aromatic carbocycles. The van der Waals surface area contributed by atoms with Crippen LogP contribution < -0.4 is 11.3 Å². The minimum atomic E-state index is -0.258. The highest BCUT2D eigenvalue weighted by molar-refractivity contribution is 6.00. The van der Waals surface area contributed by atoms with E-state index in [2.05, 4.69) is 0 Å². The number of aliphatic hydroxyl groups is 1. The minimum absolute atomic E-state index is 0.0419. The molecule has 0 aliphatic heterocycles. The summed E-state index contributed by atoms with van der Waals surface area (Å²) in [6.07, 6.45) is 2.65. The molecule has 1 aliphatic rings. The third kappa shape index (κ3) is 2.31. The third-order valence-corrected chi connectivity index (χ3v) is 3.60. The van der Waals surface area contributed by atoms with Crippen molar-refractivity contribution in [2.75, 3.05) is 5.73 Å². The van der Waals surface area contributed by atoms with E-state index in [1.165, 1.54) is 6.07 Å². The van der Waals surface area contributed by atoms with Gasteiger partial charge in [-0.2, -0.15) is 0 Å². The summed E-state index contributed by atoms with van der Waals surface area (Å²) < 4.78 is 1.58. The molecule has 18 heavy (non-hydrogen) atoms. The molecular weight excluding hydrogens is 230 g/mol. The molecule has 1 aromatic rings. The summed E-state index contributed by atoms with van der Waals surface area (Å²) >= 11 is 0. The first-order chi connectivity index (χ1) is 8.50. The molecule has 1 saturated carbocycles. The van der Waals surface area contributed by atoms with E-state index in [1.54, 1.807) is 17.6 Å². The second kappa shape index (κ2) is 4.94. The van der Waals surface area contributed by atoms with E-state index in [0.717, 1.165) is 12.8 Å². The highest BCUT2D eigenvalue weighted by Crippen LogP contribution is 2.29. The Kier molecular flexibility index (Phi) is 3.52. The zero-order valence-corrected chi connectivity index (χ0v) is 10.5. The predicted octanol–water partition coefficient (Wildman–Crippen LogP) is 1.29. The van der Waals surface area contributed by atoms with Crippen molar-refractivity contribution < 1.29 is 5.11 Å². The number of pyridine rings is 1. The number of nitrogens with one attached hydrogen (secondary N) is 1. The van der Waals surface area contributed by atoms with Crippen LogP contribution in [0.5, 0.6) is 0 Å². The number of nitrogens with zero attached hydrogens (tertiary/aromatic N) is 1. The summed E-state index contributed by atoms with van der Waals surface area (Å²) in [5.41, 5.74) is 6.85. The number of anilines is 1. The first-order valence-corrected chi connectivity index (χ1v) is 6.25. The van der Waals surface area contributed by atoms with Gasteiger partial charge in [-0.25, -0.2) is 0 Å². The van der Waals surface area contributed by atoms with Crippen molar-refractivity contribution in [2.45, 2.75) is 44.8 Å². The Labute approximate surface area is 106 Å². The van der Waals surface area contributed by atoms with Gasteiger partial charge in [0.25, 0.3) is 5.56 Å². The quantitative estimate of drug-likeness (QED) is 0.690. The monoisotopic (exact) mass is 249 g/mol. The maximum absolute atomic E-state index is 11.9. The molecular formula is C13H19N3O2. The topological polar surface area (TPSA) is 92.1 Å². The van der Waals surface area contributed by atoms with E-state index in [0.29, 0.717) is 29.9 Å². The Hall–Kier alpha value is -1.62. The Morgan fingerprint density at radius 1 is 1.39 bits per heavy atom. The van der Waals surface area contributed by atoms with E-state index >= 15 is 0 Å². The van der Waals surface area contributed by atoms with Crippen LogP contribution in [0.25, 0.3) is 0 Å². The summed E-state index contributed by atoms with van der Waals surface area (Å²) in [5.74, 6) is 0.372. The van der Waals surface area contributed by atoms with E-state index in [4.69, 9.17) is 11.1 Å². The van der Waals surface area contributed by atoms with Crippen LogP contribution in [0.15, 0.2) is 16.9 Å². The Morgan fingerprint density at radius 3 is 2.56 bits per heavy atom. The van der Waals surface area contributed by atoms with Crippen LogP contribution in [0.2, 0.25) is 0 Å². The average molecular weight is 249 g/mol. The zero-order chi connectivity index (χ0) is 13.3. The lowest BCUT2D eigenvalue weighted by Crippen LogP contribution is -2.31. The van der Waals surface area contributed by atoms with E-state index < -0.39 is 0 Å². The molecule has 0 amide bonds. The van der Waals surface area contributed by atoms with Gasteiger partial charge in [-0.05, 0) is 38.7 Å². The molecule has 2 rings (SSSR count). The summed E-state index contributed by atoms with van der Waals surface area (Å²) in [6.45, 7) is 1.66. The number of nitrogen functional groups attached to an aromatic ring is 1. The summed E-state index contributed by atoms with van der Waals surface area (Å²) in [7, 11) is 0. The van der Waals surface area contributed by atoms with Crippen LogP contribution in [0.1, 0.15) is 44.2 Å². The second-order valence-electron chi connectivity index (χ2n) is 4.93. The van der Waals surface area contributed by atoms with Gasteiger partial charge < -0.3 is 16.2 Å². The first kappa shape index (κ1) is 12.8. The van der Waals surface area contributed by atoms with Gasteiger partial charge in [-0.15, -0.1) is 0 Å². The van der Waals surface area contributed by atoms with E-state index in [-0.39, 0.29) is 17.7 Å². The van der Waals surface area contributed by atoms with Crippen molar-refractivity contribution in [2.24, 2.45) is 0 Å². The summed E-state index contributed by atoms with van der Waals surface area (Å²) in [4.78, 5) is 11.9. The molecule has 0 bridgehead atoms. The molecule has 0 spiro atoms. The molecule has 0 saturated heterocycles. The van der Waals surface area contributed by atoms with Crippen molar-refractivity contribution in [1.29, 1.82) is 5.41 Å². The average Bonchev–Trinajstić information content (AvgIpc) is 2.31. The third-order valence-electron chi connectivity index (χ3n) is 3.60.